The van der Waals surface area contributed by atoms with Gasteiger partial charge >= 0.3 is 11.9 Å². The number of carbonyl (C=O) groups is 2. The van der Waals surface area contributed by atoms with Gasteiger partial charge in [-0.1, -0.05) is 5.92 Å². The molecule has 1 aromatic carbocycles. The van der Waals surface area contributed by atoms with Gasteiger partial charge in [-0.2, -0.15) is 4.31 Å². The van der Waals surface area contributed by atoms with Crippen molar-refractivity contribution >= 4 is 33.7 Å². The molecule has 1 aliphatic heterocycles. The van der Waals surface area contributed by atoms with Crippen LogP contribution >= 0.6 is 11.8 Å². The van der Waals surface area contributed by atoms with Crippen molar-refractivity contribution < 1.29 is 32.6 Å². The molecule has 10 heteroatoms. The summed E-state index contributed by atoms with van der Waals surface area (Å²) >= 11 is 1.28. The molecule has 164 valence electrons. The number of carboxylic acid groups (broad SMARTS) is 1. The first-order valence-electron chi connectivity index (χ1n) is 9.14. The van der Waals surface area contributed by atoms with Gasteiger partial charge in [-0.05, 0) is 45.0 Å². The molecule has 0 radical (unpaired) electrons. The number of methoxy groups -OCH3 is 1. The number of nitrogens with zero attached hydrogens (tertiary/aromatic N) is 1. The largest absolute Gasteiger partial charge is 0.481 e. The number of hydrogen-bond donors (Lipinski definition) is 1. The number of carbonyl (C=O) groups excluding carboxylic acids is 1. The minimum atomic E-state index is -4.11. The molecule has 0 unspecified atom stereocenters. The highest BCUT2D eigenvalue weighted by atomic mass is 32.2. The van der Waals surface area contributed by atoms with Crippen molar-refractivity contribution in [1.82, 2.24) is 4.31 Å². The van der Waals surface area contributed by atoms with Gasteiger partial charge in [-0.25, -0.2) is 8.42 Å². The highest BCUT2D eigenvalue weighted by Gasteiger charge is 2.52. The van der Waals surface area contributed by atoms with Gasteiger partial charge in [0.1, 0.15) is 18.4 Å². The van der Waals surface area contributed by atoms with Crippen LogP contribution in [-0.4, -0.2) is 66.1 Å². The van der Waals surface area contributed by atoms with Gasteiger partial charge in [0.15, 0.2) is 0 Å². The molecule has 1 aliphatic rings. The molecule has 1 N–H and O–H groups in total. The van der Waals surface area contributed by atoms with E-state index in [4.69, 9.17) is 9.47 Å². The average Bonchev–Trinajstić information content (AvgIpc) is 2.66. The van der Waals surface area contributed by atoms with E-state index in [-0.39, 0.29) is 24.5 Å². The fourth-order valence-corrected chi connectivity index (χ4v) is 6.86. The second kappa shape index (κ2) is 9.73. The van der Waals surface area contributed by atoms with E-state index in [1.165, 1.54) is 43.1 Å². The van der Waals surface area contributed by atoms with Crippen LogP contribution in [0.2, 0.25) is 0 Å². The monoisotopic (exact) mass is 455 g/mol. The predicted octanol–water partition coefficient (Wildman–Crippen LogP) is 1.99. The Hall–Kier alpha value is -2.22. The van der Waals surface area contributed by atoms with Gasteiger partial charge in [0.25, 0.3) is 0 Å². The molecule has 0 saturated carbocycles. The van der Waals surface area contributed by atoms with Crippen molar-refractivity contribution in [1.29, 1.82) is 0 Å². The molecule has 1 heterocycles. The number of benzene rings is 1. The van der Waals surface area contributed by atoms with Gasteiger partial charge in [0.2, 0.25) is 10.0 Å². The Morgan fingerprint density at radius 3 is 2.47 bits per heavy atom. The number of esters is 1. The Kier molecular flexibility index (Phi) is 7.80. The maximum atomic E-state index is 13.4. The van der Waals surface area contributed by atoms with Gasteiger partial charge in [-0.3, -0.25) is 9.59 Å². The van der Waals surface area contributed by atoms with E-state index in [0.29, 0.717) is 5.75 Å². The van der Waals surface area contributed by atoms with E-state index in [1.54, 1.807) is 20.8 Å². The van der Waals surface area contributed by atoms with Crippen molar-refractivity contribution in [2.75, 3.05) is 20.3 Å². The van der Waals surface area contributed by atoms with Crippen LogP contribution in [0.1, 0.15) is 27.2 Å². The third kappa shape index (κ3) is 5.47. The normalized spacial score (nSPS) is 21.2. The molecule has 0 aliphatic carbocycles. The van der Waals surface area contributed by atoms with Crippen LogP contribution < -0.4 is 4.74 Å². The second-order valence-electron chi connectivity index (χ2n) is 7.13. The first kappa shape index (κ1) is 24.1. The number of thioether (sulfide) groups is 1. The summed E-state index contributed by atoms with van der Waals surface area (Å²) in [7, 11) is -2.91. The molecule has 1 aromatic rings. The van der Waals surface area contributed by atoms with Gasteiger partial charge in [0.05, 0.1) is 18.4 Å². The highest BCUT2D eigenvalue weighted by Crippen LogP contribution is 2.43. The van der Waals surface area contributed by atoms with E-state index in [9.17, 15) is 23.1 Å². The molecular weight excluding hydrogens is 430 g/mol. The van der Waals surface area contributed by atoms with Crippen molar-refractivity contribution in [3.63, 3.8) is 0 Å². The molecular formula is C20H25NO7S2. The lowest BCUT2D eigenvalue weighted by atomic mass is 10.0. The number of carboxylic acids is 1. The van der Waals surface area contributed by atoms with E-state index >= 15 is 0 Å². The lowest BCUT2D eigenvalue weighted by Gasteiger charge is -2.46. The summed E-state index contributed by atoms with van der Waals surface area (Å²) in [4.78, 5) is 23.7. The van der Waals surface area contributed by atoms with Crippen LogP contribution in [0.4, 0.5) is 0 Å². The van der Waals surface area contributed by atoms with E-state index in [1.807, 2.05) is 0 Å². The van der Waals surface area contributed by atoms with Crippen LogP contribution in [0.3, 0.4) is 0 Å². The standard InChI is InChI=1S/C20H25NO7S2/c1-5-6-11-28-14-7-9-16(10-8-14)30(25,26)21-13-15(12-17(22)23)29-20(2,3)18(21)19(24)27-4/h7-10,15,18H,11-13H2,1-4H3,(H,22,23)/t15-,18-/m0/s1. The van der Waals surface area contributed by atoms with Gasteiger partial charge in [0, 0.05) is 16.5 Å². The molecule has 8 nitrogen and oxygen atoms in total. The quantitative estimate of drug-likeness (QED) is 0.491. The minimum absolute atomic E-state index is 0.0258. The SMILES string of the molecule is CC#CCOc1ccc(S(=O)(=O)N2C[C@H](CC(=O)O)SC(C)(C)[C@@H]2C(=O)OC)cc1. The zero-order valence-corrected chi connectivity index (χ0v) is 18.9. The van der Waals surface area contributed by atoms with E-state index in [2.05, 4.69) is 11.8 Å². The van der Waals surface area contributed by atoms with Crippen LogP contribution in [0.15, 0.2) is 29.2 Å². The van der Waals surface area contributed by atoms with Crippen LogP contribution in [0.25, 0.3) is 0 Å². The predicted molar refractivity (Wildman–Crippen MR) is 113 cm³/mol. The summed E-state index contributed by atoms with van der Waals surface area (Å²) in [6, 6.07) is 4.70. The molecule has 0 spiro atoms. The smallest absolute Gasteiger partial charge is 0.325 e. The molecule has 2 rings (SSSR count). The Balaban J connectivity index is 2.41. The van der Waals surface area contributed by atoms with E-state index in [0.717, 1.165) is 4.31 Å². The summed E-state index contributed by atoms with van der Waals surface area (Å²) in [6.45, 7) is 5.17. The number of aliphatic carboxylic acids is 1. The van der Waals surface area contributed by atoms with Crippen molar-refractivity contribution in [2.45, 2.75) is 48.1 Å². The zero-order chi connectivity index (χ0) is 22.5. The van der Waals surface area contributed by atoms with Crippen molar-refractivity contribution in [3.8, 4) is 17.6 Å². The zero-order valence-electron chi connectivity index (χ0n) is 17.2. The lowest BCUT2D eigenvalue weighted by Crippen LogP contribution is -2.61. The molecule has 0 bridgehead atoms. The number of sulfonamides is 1. The summed E-state index contributed by atoms with van der Waals surface area (Å²) < 4.78 is 37.3. The summed E-state index contributed by atoms with van der Waals surface area (Å²) in [5.74, 6) is 4.18. The summed E-state index contributed by atoms with van der Waals surface area (Å²) in [5, 5.41) is 8.68. The molecule has 1 fully saturated rings. The summed E-state index contributed by atoms with van der Waals surface area (Å²) in [6.07, 6.45) is -0.223. The molecule has 0 aromatic heterocycles. The Morgan fingerprint density at radius 2 is 1.93 bits per heavy atom. The molecule has 0 amide bonds. The number of ether oxygens (including phenoxy) is 2. The first-order valence-corrected chi connectivity index (χ1v) is 11.5. The van der Waals surface area contributed by atoms with Gasteiger partial charge in [-0.15, -0.1) is 17.7 Å². The van der Waals surface area contributed by atoms with Crippen LogP contribution in [0, 0.1) is 11.8 Å². The van der Waals surface area contributed by atoms with Crippen LogP contribution in [-0.2, 0) is 24.3 Å². The van der Waals surface area contributed by atoms with Crippen LogP contribution in [0.5, 0.6) is 5.75 Å². The number of hydrogen-bond acceptors (Lipinski definition) is 7. The fraction of sp³-hybridized carbons (Fsp3) is 0.500. The average molecular weight is 456 g/mol. The minimum Gasteiger partial charge on any atom is -0.481 e. The van der Waals surface area contributed by atoms with Gasteiger partial charge < -0.3 is 14.6 Å². The number of rotatable bonds is 7. The molecule has 2 atom stereocenters. The maximum absolute atomic E-state index is 13.4. The van der Waals surface area contributed by atoms with E-state index < -0.39 is 38.0 Å². The maximum Gasteiger partial charge on any atom is 0.325 e. The van der Waals surface area contributed by atoms with Crippen molar-refractivity contribution in [3.05, 3.63) is 24.3 Å². The highest BCUT2D eigenvalue weighted by molar-refractivity contribution is 8.01. The Morgan fingerprint density at radius 1 is 1.30 bits per heavy atom. The summed E-state index contributed by atoms with van der Waals surface area (Å²) in [5.41, 5.74) is 0. The third-order valence-electron chi connectivity index (χ3n) is 4.55. The fourth-order valence-electron chi connectivity index (χ4n) is 3.27. The topological polar surface area (TPSA) is 110 Å². The second-order valence-corrected chi connectivity index (χ2v) is 11.0. The first-order chi connectivity index (χ1) is 14.0. The Labute approximate surface area is 181 Å². The van der Waals surface area contributed by atoms with Crippen molar-refractivity contribution in [2.24, 2.45) is 0 Å². The Bertz CT molecular complexity index is 946. The third-order valence-corrected chi connectivity index (χ3v) is 7.87. The lowest BCUT2D eigenvalue weighted by molar-refractivity contribution is -0.146. The molecule has 30 heavy (non-hydrogen) atoms. The molecule has 1 saturated heterocycles.